The van der Waals surface area contributed by atoms with Crippen LogP contribution in [-0.2, 0) is 6.42 Å². The summed E-state index contributed by atoms with van der Waals surface area (Å²) in [4.78, 5) is 21.1. The minimum absolute atomic E-state index is 0.148. The van der Waals surface area contributed by atoms with Gasteiger partial charge in [0.15, 0.2) is 0 Å². The summed E-state index contributed by atoms with van der Waals surface area (Å²) in [5.74, 6) is 0.542. The maximum Gasteiger partial charge on any atom is 0.255 e. The molecule has 1 heterocycles. The first-order chi connectivity index (χ1) is 12.6. The molecule has 0 bridgehead atoms. The molecule has 3 aromatic rings. The van der Waals surface area contributed by atoms with Crippen LogP contribution in [0.1, 0.15) is 33.0 Å². The van der Waals surface area contributed by atoms with Crippen molar-refractivity contribution in [3.63, 3.8) is 0 Å². The van der Waals surface area contributed by atoms with Gasteiger partial charge in [-0.2, -0.15) is 0 Å². The third kappa shape index (κ3) is 3.02. The molecule has 4 nitrogen and oxygen atoms in total. The fraction of sp³-hybridized carbons (Fsp3) is 0.136. The number of anilines is 1. The first-order valence-corrected chi connectivity index (χ1v) is 8.62. The zero-order valence-electron chi connectivity index (χ0n) is 14.8. The summed E-state index contributed by atoms with van der Waals surface area (Å²) < 4.78 is 0. The first-order valence-electron chi connectivity index (χ1n) is 8.62. The smallest absolute Gasteiger partial charge is 0.255 e. The Bertz CT molecular complexity index is 1040. The summed E-state index contributed by atoms with van der Waals surface area (Å²) in [6.07, 6.45) is 6.74. The summed E-state index contributed by atoms with van der Waals surface area (Å²) in [5.41, 5.74) is 6.77. The molecule has 0 spiro atoms. The first kappa shape index (κ1) is 16.2. The largest absolute Gasteiger partial charge is 0.319 e. The van der Waals surface area contributed by atoms with E-state index in [1.54, 1.807) is 6.20 Å². The number of fused-ring (bicyclic) bond motifs is 3. The zero-order chi connectivity index (χ0) is 18.1. The van der Waals surface area contributed by atoms with Gasteiger partial charge >= 0.3 is 0 Å². The molecule has 0 saturated heterocycles. The summed E-state index contributed by atoms with van der Waals surface area (Å²) >= 11 is 0. The number of nitrogens with zero attached hydrogens (tertiary/aromatic N) is 2. The van der Waals surface area contributed by atoms with E-state index in [0.717, 1.165) is 17.7 Å². The average molecular weight is 341 g/mol. The number of carbonyl (C=O) groups is 1. The van der Waals surface area contributed by atoms with Gasteiger partial charge < -0.3 is 5.32 Å². The normalized spacial score (nSPS) is 12.1. The number of allylic oxidation sites excluding steroid dienone is 1. The van der Waals surface area contributed by atoms with E-state index in [-0.39, 0.29) is 5.91 Å². The summed E-state index contributed by atoms with van der Waals surface area (Å²) in [6.45, 7) is 3.69. The van der Waals surface area contributed by atoms with E-state index in [4.69, 9.17) is 0 Å². The van der Waals surface area contributed by atoms with Crippen molar-refractivity contribution in [3.8, 4) is 11.1 Å². The highest BCUT2D eigenvalue weighted by atomic mass is 16.1. The minimum atomic E-state index is -0.148. The second-order valence-electron chi connectivity index (χ2n) is 6.44. The maximum absolute atomic E-state index is 12.7. The molecule has 1 aliphatic carbocycles. The lowest BCUT2D eigenvalue weighted by molar-refractivity contribution is 0.102. The van der Waals surface area contributed by atoms with Gasteiger partial charge in [-0.05, 0) is 54.7 Å². The fourth-order valence-corrected chi connectivity index (χ4v) is 3.27. The number of aryl methyl sites for hydroxylation is 2. The Hall–Kier alpha value is -3.27. The molecule has 2 aromatic carbocycles. The van der Waals surface area contributed by atoms with Gasteiger partial charge in [0.05, 0.1) is 17.6 Å². The molecule has 0 unspecified atom stereocenters. The SMILES string of the molecule is Cc1ncc(NC(=O)c2ccc3c(c2)CC=Cc2ccccc2-3)c(C)n1. The fourth-order valence-electron chi connectivity index (χ4n) is 3.27. The van der Waals surface area contributed by atoms with Gasteiger partial charge in [0.1, 0.15) is 5.82 Å². The van der Waals surface area contributed by atoms with Crippen LogP contribution >= 0.6 is 0 Å². The van der Waals surface area contributed by atoms with Gasteiger partial charge in [0.25, 0.3) is 5.91 Å². The standard InChI is InChI=1S/C22H19N3O/c1-14-21(13-23-15(2)24-14)25-22(26)18-10-11-20-17(12-18)8-5-7-16-6-3-4-9-19(16)20/h3-7,9-13H,8H2,1-2H3,(H,25,26). The number of hydrogen-bond acceptors (Lipinski definition) is 3. The Morgan fingerprint density at radius 3 is 2.77 bits per heavy atom. The summed E-state index contributed by atoms with van der Waals surface area (Å²) in [6, 6.07) is 14.2. The minimum Gasteiger partial charge on any atom is -0.319 e. The highest BCUT2D eigenvalue weighted by molar-refractivity contribution is 6.05. The molecule has 4 rings (SSSR count). The average Bonchev–Trinajstić information content (AvgIpc) is 2.82. The van der Waals surface area contributed by atoms with Crippen LogP contribution < -0.4 is 5.32 Å². The van der Waals surface area contributed by atoms with Gasteiger partial charge in [0.2, 0.25) is 0 Å². The maximum atomic E-state index is 12.7. The van der Waals surface area contributed by atoms with E-state index in [9.17, 15) is 4.79 Å². The van der Waals surface area contributed by atoms with Crippen molar-refractivity contribution in [2.24, 2.45) is 0 Å². The monoisotopic (exact) mass is 341 g/mol. The molecule has 4 heteroatoms. The Kier molecular flexibility index (Phi) is 4.09. The summed E-state index contributed by atoms with van der Waals surface area (Å²) in [5, 5.41) is 2.91. The van der Waals surface area contributed by atoms with E-state index in [1.165, 1.54) is 16.7 Å². The van der Waals surface area contributed by atoms with Crippen LogP contribution in [0.4, 0.5) is 5.69 Å². The van der Waals surface area contributed by atoms with E-state index in [0.29, 0.717) is 17.1 Å². The van der Waals surface area contributed by atoms with Crippen LogP contribution in [0.2, 0.25) is 0 Å². The van der Waals surface area contributed by atoms with Gasteiger partial charge in [-0.15, -0.1) is 0 Å². The summed E-state index contributed by atoms with van der Waals surface area (Å²) in [7, 11) is 0. The van der Waals surface area contributed by atoms with Crippen molar-refractivity contribution in [3.05, 3.63) is 82.9 Å². The predicted octanol–water partition coefficient (Wildman–Crippen LogP) is 4.58. The Labute approximate surface area is 152 Å². The lowest BCUT2D eigenvalue weighted by Gasteiger charge is -2.12. The number of amides is 1. The molecule has 26 heavy (non-hydrogen) atoms. The van der Waals surface area contributed by atoms with Crippen molar-refractivity contribution >= 4 is 17.7 Å². The van der Waals surface area contributed by atoms with Crippen LogP contribution in [-0.4, -0.2) is 15.9 Å². The molecule has 128 valence electrons. The predicted molar refractivity (Wildman–Crippen MR) is 104 cm³/mol. The topological polar surface area (TPSA) is 54.9 Å². The van der Waals surface area contributed by atoms with E-state index in [1.807, 2.05) is 44.2 Å². The number of rotatable bonds is 2. The Morgan fingerprint density at radius 2 is 1.92 bits per heavy atom. The lowest BCUT2D eigenvalue weighted by Crippen LogP contribution is -2.14. The number of carbonyl (C=O) groups excluding carboxylic acids is 1. The molecule has 1 N–H and O–H groups in total. The van der Waals surface area contributed by atoms with Gasteiger partial charge in [-0.25, -0.2) is 9.97 Å². The number of nitrogens with one attached hydrogen (secondary N) is 1. The van der Waals surface area contributed by atoms with Crippen LogP contribution in [0.3, 0.4) is 0 Å². The van der Waals surface area contributed by atoms with Crippen LogP contribution in [0.15, 0.2) is 54.7 Å². The van der Waals surface area contributed by atoms with Crippen LogP contribution in [0.25, 0.3) is 17.2 Å². The molecular weight excluding hydrogens is 322 g/mol. The second kappa shape index (κ2) is 6.56. The Morgan fingerprint density at radius 1 is 1.08 bits per heavy atom. The highest BCUT2D eigenvalue weighted by Gasteiger charge is 2.15. The van der Waals surface area contributed by atoms with E-state index in [2.05, 4.69) is 39.6 Å². The van der Waals surface area contributed by atoms with Crippen LogP contribution in [0, 0.1) is 13.8 Å². The van der Waals surface area contributed by atoms with E-state index < -0.39 is 0 Å². The van der Waals surface area contributed by atoms with Gasteiger partial charge in [-0.3, -0.25) is 4.79 Å². The quantitative estimate of drug-likeness (QED) is 0.742. The molecule has 1 aliphatic rings. The van der Waals surface area contributed by atoms with Gasteiger partial charge in [-0.1, -0.05) is 42.5 Å². The van der Waals surface area contributed by atoms with Crippen molar-refractivity contribution in [2.75, 3.05) is 5.32 Å². The van der Waals surface area contributed by atoms with Crippen molar-refractivity contribution in [1.29, 1.82) is 0 Å². The van der Waals surface area contributed by atoms with Crippen LogP contribution in [0.5, 0.6) is 0 Å². The number of hydrogen-bond donors (Lipinski definition) is 1. The number of aromatic nitrogens is 2. The molecule has 0 saturated carbocycles. The van der Waals surface area contributed by atoms with Crippen molar-refractivity contribution in [1.82, 2.24) is 9.97 Å². The molecule has 0 aliphatic heterocycles. The Balaban J connectivity index is 1.67. The third-order valence-corrected chi connectivity index (χ3v) is 4.60. The number of benzene rings is 2. The molecule has 0 atom stereocenters. The third-order valence-electron chi connectivity index (χ3n) is 4.60. The molecular formula is C22H19N3O. The molecule has 0 radical (unpaired) electrons. The van der Waals surface area contributed by atoms with Crippen molar-refractivity contribution < 1.29 is 4.79 Å². The second-order valence-corrected chi connectivity index (χ2v) is 6.44. The zero-order valence-corrected chi connectivity index (χ0v) is 14.8. The molecule has 1 aromatic heterocycles. The van der Waals surface area contributed by atoms with Gasteiger partial charge in [0, 0.05) is 5.56 Å². The molecule has 1 amide bonds. The molecule has 0 fully saturated rings. The van der Waals surface area contributed by atoms with E-state index >= 15 is 0 Å². The highest BCUT2D eigenvalue weighted by Crippen LogP contribution is 2.32. The lowest BCUT2D eigenvalue weighted by atomic mass is 9.94. The van der Waals surface area contributed by atoms with Crippen molar-refractivity contribution in [2.45, 2.75) is 20.3 Å².